The van der Waals surface area contributed by atoms with Crippen LogP contribution in [0.1, 0.15) is 13.8 Å². The second-order valence-electron chi connectivity index (χ2n) is 1.64. The van der Waals surface area contributed by atoms with Crippen molar-refractivity contribution in [2.45, 2.75) is 24.5 Å². The number of aliphatic hydroxyl groups is 1. The maximum atomic E-state index is 8.57. The summed E-state index contributed by atoms with van der Waals surface area (Å²) in [6.45, 7) is 7.45. The zero-order valence-corrected chi connectivity index (χ0v) is 5.53. The molecule has 0 saturated carbocycles. The fraction of sp³-hybridized carbons (Fsp3) is 0.800. The topological polar surface area (TPSA) is 20.2 Å². The van der Waals surface area contributed by atoms with Crippen molar-refractivity contribution in [2.75, 3.05) is 0 Å². The molecular formula is C5H11OS. The third kappa shape index (κ3) is 6.31. The molecule has 7 heavy (non-hydrogen) atoms. The van der Waals surface area contributed by atoms with Crippen LogP contribution in [-0.2, 0) is 0 Å². The third-order valence-electron chi connectivity index (χ3n) is 0.429. The molecule has 1 radical (unpaired) electrons. The van der Waals surface area contributed by atoms with E-state index < -0.39 is 5.44 Å². The molecular weight excluding hydrogens is 108 g/mol. The van der Waals surface area contributed by atoms with Crippen LogP contribution in [0, 0.1) is 6.92 Å². The highest BCUT2D eigenvalue weighted by Crippen LogP contribution is 2.12. The van der Waals surface area contributed by atoms with Gasteiger partial charge in [0.1, 0.15) is 0 Å². The maximum absolute atomic E-state index is 8.57. The lowest BCUT2D eigenvalue weighted by Gasteiger charge is -2.04. The lowest BCUT2D eigenvalue weighted by atomic mass is 10.6. The predicted molar refractivity (Wildman–Crippen MR) is 34.1 cm³/mol. The van der Waals surface area contributed by atoms with Crippen LogP contribution in [0.25, 0.3) is 0 Å². The molecule has 0 aromatic heterocycles. The standard InChI is InChI=1S/C5H11OS/c1-4(2)7-5(3)6/h4-6H,3H2,1-2H3. The van der Waals surface area contributed by atoms with E-state index in [4.69, 9.17) is 5.11 Å². The van der Waals surface area contributed by atoms with Crippen molar-refractivity contribution in [1.29, 1.82) is 0 Å². The van der Waals surface area contributed by atoms with Gasteiger partial charge in [0.05, 0.1) is 5.44 Å². The van der Waals surface area contributed by atoms with Crippen LogP contribution in [0.5, 0.6) is 0 Å². The van der Waals surface area contributed by atoms with Gasteiger partial charge in [-0.3, -0.25) is 0 Å². The van der Waals surface area contributed by atoms with Crippen LogP contribution < -0.4 is 0 Å². The predicted octanol–water partition coefficient (Wildman–Crippen LogP) is 1.28. The summed E-state index contributed by atoms with van der Waals surface area (Å²) in [4.78, 5) is 0. The van der Waals surface area contributed by atoms with Crippen LogP contribution in [-0.4, -0.2) is 15.8 Å². The number of hydrogen-bond acceptors (Lipinski definition) is 2. The minimum Gasteiger partial charge on any atom is -0.382 e. The summed E-state index contributed by atoms with van der Waals surface area (Å²) in [5, 5.41) is 9.05. The molecule has 0 amide bonds. The van der Waals surface area contributed by atoms with Gasteiger partial charge in [-0.2, -0.15) is 0 Å². The summed E-state index contributed by atoms with van der Waals surface area (Å²) in [5.41, 5.74) is -0.458. The molecule has 0 bridgehead atoms. The molecule has 0 aliphatic heterocycles. The second kappa shape index (κ2) is 3.33. The monoisotopic (exact) mass is 119 g/mol. The molecule has 0 saturated heterocycles. The number of thioether (sulfide) groups is 1. The quantitative estimate of drug-likeness (QED) is 0.552. The Morgan fingerprint density at radius 3 is 2.00 bits per heavy atom. The molecule has 1 nitrogen and oxygen atoms in total. The minimum absolute atomic E-state index is 0.458. The first-order valence-electron chi connectivity index (χ1n) is 2.29. The second-order valence-corrected chi connectivity index (χ2v) is 3.40. The Hall–Kier alpha value is 0.310. The zero-order valence-electron chi connectivity index (χ0n) is 4.72. The Bertz CT molecular complexity index is 37.3. The van der Waals surface area contributed by atoms with Crippen LogP contribution >= 0.6 is 11.8 Å². The number of hydrogen-bond donors (Lipinski definition) is 1. The Morgan fingerprint density at radius 1 is 1.57 bits per heavy atom. The van der Waals surface area contributed by atoms with E-state index in [1.54, 1.807) is 0 Å². The van der Waals surface area contributed by atoms with Gasteiger partial charge in [-0.05, 0) is 6.92 Å². The first-order chi connectivity index (χ1) is 3.13. The molecule has 2 heteroatoms. The van der Waals surface area contributed by atoms with Gasteiger partial charge in [-0.1, -0.05) is 13.8 Å². The first-order valence-corrected chi connectivity index (χ1v) is 3.24. The van der Waals surface area contributed by atoms with Gasteiger partial charge in [0.2, 0.25) is 0 Å². The van der Waals surface area contributed by atoms with E-state index in [9.17, 15) is 0 Å². The first kappa shape index (κ1) is 7.31. The van der Waals surface area contributed by atoms with Crippen molar-refractivity contribution in [2.24, 2.45) is 0 Å². The van der Waals surface area contributed by atoms with Crippen LogP contribution in [0.2, 0.25) is 0 Å². The normalized spacial score (nSPS) is 15.0. The lowest BCUT2D eigenvalue weighted by molar-refractivity contribution is 0.307. The SMILES string of the molecule is [CH2]C(O)SC(C)C. The minimum atomic E-state index is -0.458. The van der Waals surface area contributed by atoms with Gasteiger partial charge in [-0.25, -0.2) is 0 Å². The van der Waals surface area contributed by atoms with E-state index >= 15 is 0 Å². The van der Waals surface area contributed by atoms with Crippen molar-refractivity contribution in [3.05, 3.63) is 6.92 Å². The Labute approximate surface area is 49.1 Å². The van der Waals surface area contributed by atoms with Crippen molar-refractivity contribution < 1.29 is 5.11 Å². The highest BCUT2D eigenvalue weighted by molar-refractivity contribution is 8.00. The van der Waals surface area contributed by atoms with E-state index in [1.807, 2.05) is 13.8 Å². The third-order valence-corrected chi connectivity index (χ3v) is 1.29. The van der Waals surface area contributed by atoms with Crippen molar-refractivity contribution in [3.8, 4) is 0 Å². The largest absolute Gasteiger partial charge is 0.382 e. The molecule has 0 heterocycles. The molecule has 1 unspecified atom stereocenters. The van der Waals surface area contributed by atoms with Gasteiger partial charge < -0.3 is 5.11 Å². The molecule has 43 valence electrons. The Kier molecular flexibility index (Phi) is 3.48. The van der Waals surface area contributed by atoms with Gasteiger partial charge in [-0.15, -0.1) is 11.8 Å². The summed E-state index contributed by atoms with van der Waals surface area (Å²) in [6.07, 6.45) is 0. The maximum Gasteiger partial charge on any atom is 0.0996 e. The van der Waals surface area contributed by atoms with E-state index in [2.05, 4.69) is 6.92 Å². The molecule has 0 spiro atoms. The summed E-state index contributed by atoms with van der Waals surface area (Å²) in [6, 6.07) is 0. The molecule has 1 atom stereocenters. The van der Waals surface area contributed by atoms with Gasteiger partial charge in [0, 0.05) is 5.25 Å². The van der Waals surface area contributed by atoms with Crippen molar-refractivity contribution in [3.63, 3.8) is 0 Å². The van der Waals surface area contributed by atoms with E-state index in [0.717, 1.165) is 0 Å². The molecule has 0 aromatic carbocycles. The average Bonchev–Trinajstić information content (AvgIpc) is 1.27. The van der Waals surface area contributed by atoms with E-state index in [1.165, 1.54) is 11.8 Å². The molecule has 0 aliphatic rings. The Balaban J connectivity index is 2.95. The highest BCUT2D eigenvalue weighted by Gasteiger charge is 1.97. The van der Waals surface area contributed by atoms with Gasteiger partial charge in [0.25, 0.3) is 0 Å². The van der Waals surface area contributed by atoms with E-state index in [-0.39, 0.29) is 0 Å². The van der Waals surface area contributed by atoms with Crippen molar-refractivity contribution >= 4 is 11.8 Å². The van der Waals surface area contributed by atoms with E-state index in [0.29, 0.717) is 5.25 Å². The number of rotatable bonds is 2. The zero-order chi connectivity index (χ0) is 5.86. The smallest absolute Gasteiger partial charge is 0.0996 e. The summed E-state index contributed by atoms with van der Waals surface area (Å²) in [7, 11) is 0. The van der Waals surface area contributed by atoms with Gasteiger partial charge in [0.15, 0.2) is 0 Å². The summed E-state index contributed by atoms with van der Waals surface area (Å²) in [5.74, 6) is 0. The fourth-order valence-corrected chi connectivity index (χ4v) is 0.942. The highest BCUT2D eigenvalue weighted by atomic mass is 32.2. The molecule has 0 fully saturated rings. The van der Waals surface area contributed by atoms with Crippen molar-refractivity contribution in [1.82, 2.24) is 0 Å². The van der Waals surface area contributed by atoms with Gasteiger partial charge >= 0.3 is 0 Å². The van der Waals surface area contributed by atoms with Crippen LogP contribution in [0.15, 0.2) is 0 Å². The number of aliphatic hydroxyl groups excluding tert-OH is 1. The molecule has 0 aliphatic carbocycles. The molecule has 1 N–H and O–H groups in total. The lowest BCUT2D eigenvalue weighted by Crippen LogP contribution is -1.98. The molecule has 0 rings (SSSR count). The summed E-state index contributed by atoms with van der Waals surface area (Å²) >= 11 is 1.45. The fourth-order valence-electron chi connectivity index (χ4n) is 0.314. The van der Waals surface area contributed by atoms with Crippen LogP contribution in [0.3, 0.4) is 0 Å². The summed E-state index contributed by atoms with van der Waals surface area (Å²) < 4.78 is 0. The Morgan fingerprint density at radius 2 is 2.00 bits per heavy atom. The average molecular weight is 119 g/mol. The van der Waals surface area contributed by atoms with Crippen LogP contribution in [0.4, 0.5) is 0 Å². The molecule has 0 aromatic rings.